The van der Waals surface area contributed by atoms with E-state index in [9.17, 15) is 50.0 Å². The Labute approximate surface area is 305 Å². The first-order valence-electron chi connectivity index (χ1n) is 19.0. The lowest BCUT2D eigenvalue weighted by molar-refractivity contribution is -0.220. The van der Waals surface area contributed by atoms with Gasteiger partial charge in [0.15, 0.2) is 0 Å². The molecule has 0 aromatic carbocycles. The molecule has 8 atom stereocenters. The van der Waals surface area contributed by atoms with Crippen LogP contribution < -0.4 is 5.32 Å². The molecule has 0 spiro atoms. The number of amides is 1. The average molecular weight is 750 g/mol. The average Bonchev–Trinajstić information content (AvgIpc) is 3.09. The van der Waals surface area contributed by atoms with Crippen molar-refractivity contribution in [2.75, 3.05) is 6.61 Å². The van der Waals surface area contributed by atoms with Gasteiger partial charge in [0.25, 0.3) is 0 Å². The van der Waals surface area contributed by atoms with E-state index in [1.807, 2.05) is 6.08 Å². The second-order valence-corrected chi connectivity index (χ2v) is 15.0. The Kier molecular flexibility index (Phi) is 26.1. The number of carbonyl (C=O) groups is 1. The van der Waals surface area contributed by atoms with Crippen LogP contribution >= 0.6 is 7.82 Å². The van der Waals surface area contributed by atoms with Gasteiger partial charge >= 0.3 is 7.82 Å². The number of carbonyl (C=O) groups excluding carboxylic acids is 1. The van der Waals surface area contributed by atoms with Crippen molar-refractivity contribution >= 4 is 13.7 Å². The fourth-order valence-corrected chi connectivity index (χ4v) is 6.77. The summed E-state index contributed by atoms with van der Waals surface area (Å²) < 4.78 is 22.7. The third-order valence-corrected chi connectivity index (χ3v) is 9.95. The highest BCUT2D eigenvalue weighted by atomic mass is 31.2. The molecule has 1 aliphatic carbocycles. The molecule has 1 aliphatic rings. The highest BCUT2D eigenvalue weighted by Gasteiger charge is 2.51. The Morgan fingerprint density at radius 2 is 1.18 bits per heavy atom. The first-order valence-corrected chi connectivity index (χ1v) is 20.5. The molecule has 0 bridgehead atoms. The largest absolute Gasteiger partial charge is 0.472 e. The van der Waals surface area contributed by atoms with Crippen molar-refractivity contribution in [1.29, 1.82) is 0 Å². The van der Waals surface area contributed by atoms with E-state index in [0.717, 1.165) is 44.9 Å². The van der Waals surface area contributed by atoms with Gasteiger partial charge in [-0.3, -0.25) is 13.8 Å². The summed E-state index contributed by atoms with van der Waals surface area (Å²) in [5.41, 5.74) is 0. The van der Waals surface area contributed by atoms with E-state index in [0.29, 0.717) is 19.3 Å². The van der Waals surface area contributed by atoms with Crippen LogP contribution in [-0.4, -0.2) is 108 Å². The quantitative estimate of drug-likeness (QED) is 0.0297. The SMILES string of the molecule is CC/C=C/CC/C=C/CC/C=C/C(O)C(COP(=O)(O)OC1C(O)C(O)C(O)C(O)C1O)NC(=O)CC(O)CCCCCCCCCCCCC. The van der Waals surface area contributed by atoms with Gasteiger partial charge in [0.2, 0.25) is 5.91 Å². The topological polar surface area (TPSA) is 226 Å². The van der Waals surface area contributed by atoms with Crippen LogP contribution in [-0.2, 0) is 18.4 Å². The van der Waals surface area contributed by atoms with Gasteiger partial charge in [-0.1, -0.05) is 121 Å². The monoisotopic (exact) mass is 749 g/mol. The summed E-state index contributed by atoms with van der Waals surface area (Å²) in [7, 11) is -5.14. The predicted octanol–water partition coefficient (Wildman–Crippen LogP) is 4.24. The number of hydrogen-bond acceptors (Lipinski definition) is 11. The molecule has 1 amide bonds. The molecule has 0 aliphatic heterocycles. The number of rotatable bonds is 29. The molecular formula is C37H68NO12P. The van der Waals surface area contributed by atoms with Gasteiger partial charge in [-0.2, -0.15) is 0 Å². The van der Waals surface area contributed by atoms with Gasteiger partial charge in [-0.25, -0.2) is 4.57 Å². The lowest BCUT2D eigenvalue weighted by Crippen LogP contribution is -2.64. The molecule has 8 unspecified atom stereocenters. The molecule has 0 radical (unpaired) electrons. The highest BCUT2D eigenvalue weighted by Crippen LogP contribution is 2.47. The van der Waals surface area contributed by atoms with E-state index in [2.05, 4.69) is 37.4 Å². The molecule has 0 aromatic heterocycles. The molecular weight excluding hydrogens is 681 g/mol. The van der Waals surface area contributed by atoms with Crippen molar-refractivity contribution in [3.63, 3.8) is 0 Å². The van der Waals surface area contributed by atoms with Crippen LogP contribution in [0.2, 0.25) is 0 Å². The van der Waals surface area contributed by atoms with Crippen molar-refractivity contribution in [3.8, 4) is 0 Å². The molecule has 0 aromatic rings. The fourth-order valence-electron chi connectivity index (χ4n) is 5.81. The number of phosphoric acid groups is 1. The Hall–Kier alpha value is -1.48. The Morgan fingerprint density at radius 1 is 0.706 bits per heavy atom. The maximum Gasteiger partial charge on any atom is 0.472 e. The third-order valence-electron chi connectivity index (χ3n) is 8.97. The summed E-state index contributed by atoms with van der Waals surface area (Å²) >= 11 is 0. The van der Waals surface area contributed by atoms with Crippen LogP contribution in [0, 0.1) is 0 Å². The summed E-state index contributed by atoms with van der Waals surface area (Å²) in [6.45, 7) is 3.53. The minimum absolute atomic E-state index is 0.255. The van der Waals surface area contributed by atoms with Crippen LogP contribution in [0.15, 0.2) is 36.5 Å². The van der Waals surface area contributed by atoms with Gasteiger partial charge in [0.05, 0.1) is 31.3 Å². The number of aliphatic hydroxyl groups is 7. The number of aliphatic hydroxyl groups excluding tert-OH is 7. The van der Waals surface area contributed by atoms with Gasteiger partial charge in [0, 0.05) is 0 Å². The molecule has 0 heterocycles. The number of phosphoric ester groups is 1. The van der Waals surface area contributed by atoms with Crippen molar-refractivity contribution in [2.24, 2.45) is 0 Å². The zero-order valence-corrected chi connectivity index (χ0v) is 31.6. The number of allylic oxidation sites excluding steroid dienone is 5. The van der Waals surface area contributed by atoms with Crippen LogP contribution in [0.25, 0.3) is 0 Å². The van der Waals surface area contributed by atoms with Crippen molar-refractivity contribution in [3.05, 3.63) is 36.5 Å². The summed E-state index contributed by atoms with van der Waals surface area (Å²) in [5, 5.41) is 73.9. The van der Waals surface area contributed by atoms with E-state index >= 15 is 0 Å². The predicted molar refractivity (Wildman–Crippen MR) is 197 cm³/mol. The maximum absolute atomic E-state index is 12.9. The molecule has 1 fully saturated rings. The maximum atomic E-state index is 12.9. The Bertz CT molecular complexity index is 1030. The highest BCUT2D eigenvalue weighted by molar-refractivity contribution is 7.47. The van der Waals surface area contributed by atoms with E-state index in [1.165, 1.54) is 51.0 Å². The van der Waals surface area contributed by atoms with Crippen LogP contribution in [0.3, 0.4) is 0 Å². The Balaban J connectivity index is 2.69. The zero-order chi connectivity index (χ0) is 38.1. The minimum atomic E-state index is -5.14. The van der Waals surface area contributed by atoms with E-state index in [4.69, 9.17) is 9.05 Å². The first-order chi connectivity index (χ1) is 24.3. The summed E-state index contributed by atoms with van der Waals surface area (Å²) in [6.07, 6.45) is 14.2. The van der Waals surface area contributed by atoms with Crippen molar-refractivity contribution in [1.82, 2.24) is 5.32 Å². The lowest BCUT2D eigenvalue weighted by Gasteiger charge is -2.41. The van der Waals surface area contributed by atoms with Gasteiger partial charge in [-0.05, 0) is 38.5 Å². The minimum Gasteiger partial charge on any atom is -0.393 e. The van der Waals surface area contributed by atoms with Crippen LogP contribution in [0.1, 0.15) is 129 Å². The van der Waals surface area contributed by atoms with Gasteiger partial charge in [-0.15, -0.1) is 0 Å². The number of unbranched alkanes of at least 4 members (excludes halogenated alkanes) is 12. The molecule has 1 rings (SSSR count). The number of nitrogens with one attached hydrogen (secondary N) is 1. The molecule has 14 heteroatoms. The molecule has 9 N–H and O–H groups in total. The van der Waals surface area contributed by atoms with Gasteiger partial charge in [0.1, 0.15) is 36.6 Å². The first kappa shape index (κ1) is 47.5. The second kappa shape index (κ2) is 28.0. The van der Waals surface area contributed by atoms with Crippen LogP contribution in [0.5, 0.6) is 0 Å². The summed E-state index contributed by atoms with van der Waals surface area (Å²) in [5.74, 6) is -0.612. The van der Waals surface area contributed by atoms with E-state index in [-0.39, 0.29) is 6.42 Å². The molecule has 0 saturated heterocycles. The third kappa shape index (κ3) is 21.1. The molecule has 13 nitrogen and oxygen atoms in total. The second-order valence-electron chi connectivity index (χ2n) is 13.6. The fraction of sp³-hybridized carbons (Fsp3) is 0.811. The van der Waals surface area contributed by atoms with Crippen molar-refractivity contribution < 1.29 is 59.0 Å². The van der Waals surface area contributed by atoms with E-state index in [1.54, 1.807) is 6.08 Å². The standard InChI is InChI=1S/C37H68NO12P/c1-3-5-7-9-11-13-15-16-18-20-22-24-28(39)26-31(41)38-29(30(40)25-23-21-19-17-14-12-10-8-6-4-2)27-49-51(47,48)50-37-35(45)33(43)32(42)34(44)36(37)46/h6,8,14,17,23,25,28-30,32-37,39-40,42-46H,3-5,7,9-13,15-16,18-22,24,26-27H2,1-2H3,(H,38,41)(H,47,48)/b8-6+,17-14+,25-23+. The molecule has 51 heavy (non-hydrogen) atoms. The van der Waals surface area contributed by atoms with Gasteiger partial charge < -0.3 is 46.0 Å². The van der Waals surface area contributed by atoms with Crippen molar-refractivity contribution in [2.45, 2.75) is 184 Å². The zero-order valence-electron chi connectivity index (χ0n) is 30.8. The smallest absolute Gasteiger partial charge is 0.393 e. The summed E-state index contributed by atoms with van der Waals surface area (Å²) in [6, 6.07) is -1.26. The lowest BCUT2D eigenvalue weighted by atomic mass is 9.85. The Morgan fingerprint density at radius 3 is 1.71 bits per heavy atom. The summed E-state index contributed by atoms with van der Waals surface area (Å²) in [4.78, 5) is 23.2. The molecule has 1 saturated carbocycles. The number of hydrogen-bond donors (Lipinski definition) is 9. The van der Waals surface area contributed by atoms with Crippen LogP contribution in [0.4, 0.5) is 0 Å². The van der Waals surface area contributed by atoms with E-state index < -0.39 is 75.2 Å². The normalized spacial score (nSPS) is 25.8. The molecule has 298 valence electrons.